The van der Waals surface area contributed by atoms with Crippen molar-refractivity contribution in [3.63, 3.8) is 0 Å². The van der Waals surface area contributed by atoms with Gasteiger partial charge >= 0.3 is 12.1 Å². The zero-order valence-corrected chi connectivity index (χ0v) is 15.6. The number of rotatable bonds is 4. The molecule has 24 heavy (non-hydrogen) atoms. The van der Waals surface area contributed by atoms with Crippen molar-refractivity contribution < 1.29 is 19.1 Å². The topological polar surface area (TPSA) is 71.1 Å². The largest absolute Gasteiger partial charge is 0.467 e. The normalized spacial score (nSPS) is 28.8. The Kier molecular flexibility index (Phi) is 5.75. The van der Waals surface area contributed by atoms with E-state index in [9.17, 15) is 9.59 Å². The van der Waals surface area contributed by atoms with Gasteiger partial charge < -0.3 is 24.6 Å². The maximum Gasteiger partial charge on any atom is 0.408 e. The van der Waals surface area contributed by atoms with Gasteiger partial charge in [0.1, 0.15) is 11.1 Å². The monoisotopic (exact) mass is 341 g/mol. The molecule has 0 aromatic heterocycles. The fourth-order valence-electron chi connectivity index (χ4n) is 3.46. The highest BCUT2D eigenvalue weighted by atomic mass is 16.6. The van der Waals surface area contributed by atoms with Gasteiger partial charge in [0.2, 0.25) is 0 Å². The molecule has 7 nitrogen and oxygen atoms in total. The Morgan fingerprint density at radius 2 is 1.75 bits per heavy atom. The van der Waals surface area contributed by atoms with Crippen LogP contribution in [0.3, 0.4) is 0 Å². The van der Waals surface area contributed by atoms with Crippen molar-refractivity contribution >= 4 is 12.1 Å². The van der Waals surface area contributed by atoms with Crippen molar-refractivity contribution in [2.24, 2.45) is 5.92 Å². The molecule has 2 aliphatic rings. The summed E-state index contributed by atoms with van der Waals surface area (Å²) in [6.45, 7) is 10.6. The van der Waals surface area contributed by atoms with Crippen LogP contribution in [0.15, 0.2) is 0 Å². The SMILES string of the molecule is COC(=O)C1(NC(=O)OC(C)(C)C)CC(CN2CCN(C)CC2)C1. The summed E-state index contributed by atoms with van der Waals surface area (Å²) in [5.41, 5.74) is -1.53. The molecule has 0 spiro atoms. The average Bonchev–Trinajstić information content (AvgIpc) is 2.44. The third-order valence-corrected chi connectivity index (χ3v) is 4.70. The van der Waals surface area contributed by atoms with E-state index in [1.165, 1.54) is 7.11 Å². The van der Waals surface area contributed by atoms with E-state index in [1.54, 1.807) is 20.8 Å². The highest BCUT2D eigenvalue weighted by Crippen LogP contribution is 2.39. The number of amides is 1. The van der Waals surface area contributed by atoms with Gasteiger partial charge in [0.05, 0.1) is 7.11 Å². The predicted octanol–water partition coefficient (Wildman–Crippen LogP) is 1.08. The number of hydrogen-bond donors (Lipinski definition) is 1. The van der Waals surface area contributed by atoms with Gasteiger partial charge in [-0.25, -0.2) is 9.59 Å². The summed E-state index contributed by atoms with van der Waals surface area (Å²) in [6, 6.07) is 0. The maximum absolute atomic E-state index is 12.2. The molecule has 1 saturated heterocycles. The Balaban J connectivity index is 1.88. The van der Waals surface area contributed by atoms with Crippen LogP contribution in [0.5, 0.6) is 0 Å². The molecule has 0 bridgehead atoms. The van der Waals surface area contributed by atoms with Crippen LogP contribution in [-0.4, -0.2) is 79.9 Å². The summed E-state index contributed by atoms with van der Waals surface area (Å²) in [5.74, 6) is 0.00503. The van der Waals surface area contributed by atoms with E-state index in [0.717, 1.165) is 32.7 Å². The molecule has 0 aromatic rings. The van der Waals surface area contributed by atoms with Crippen molar-refractivity contribution in [3.8, 4) is 0 Å². The number of methoxy groups -OCH3 is 1. The number of ether oxygens (including phenoxy) is 2. The van der Waals surface area contributed by atoms with E-state index in [4.69, 9.17) is 9.47 Å². The van der Waals surface area contributed by atoms with Crippen LogP contribution < -0.4 is 5.32 Å². The number of alkyl carbamates (subject to hydrolysis) is 1. The minimum atomic E-state index is -0.936. The van der Waals surface area contributed by atoms with Crippen LogP contribution in [0.2, 0.25) is 0 Å². The van der Waals surface area contributed by atoms with Crippen LogP contribution in [-0.2, 0) is 14.3 Å². The lowest BCUT2D eigenvalue weighted by atomic mass is 9.68. The first-order valence-corrected chi connectivity index (χ1v) is 8.64. The summed E-state index contributed by atoms with van der Waals surface area (Å²) in [6.07, 6.45) is 0.641. The van der Waals surface area contributed by atoms with Crippen molar-refractivity contribution in [2.75, 3.05) is 46.9 Å². The molecule has 1 amide bonds. The van der Waals surface area contributed by atoms with Crippen LogP contribution in [0.1, 0.15) is 33.6 Å². The first-order valence-electron chi connectivity index (χ1n) is 8.64. The Morgan fingerprint density at radius 3 is 2.25 bits per heavy atom. The standard InChI is InChI=1S/C17H31N3O4/c1-16(2,3)24-15(22)18-17(14(21)23-5)10-13(11-17)12-20-8-6-19(4)7-9-20/h13H,6-12H2,1-5H3,(H,18,22). The van der Waals surface area contributed by atoms with Crippen molar-refractivity contribution in [3.05, 3.63) is 0 Å². The lowest BCUT2D eigenvalue weighted by molar-refractivity contribution is -0.155. The van der Waals surface area contributed by atoms with Gasteiger partial charge in [-0.3, -0.25) is 0 Å². The molecule has 1 heterocycles. The number of nitrogens with zero attached hydrogens (tertiary/aromatic N) is 2. The minimum Gasteiger partial charge on any atom is -0.467 e. The number of likely N-dealkylation sites (N-methyl/N-ethyl adjacent to an activating group) is 1. The maximum atomic E-state index is 12.2. The molecule has 0 radical (unpaired) electrons. The zero-order valence-electron chi connectivity index (χ0n) is 15.6. The average molecular weight is 341 g/mol. The molecular formula is C17H31N3O4. The molecular weight excluding hydrogens is 310 g/mol. The quantitative estimate of drug-likeness (QED) is 0.772. The molecule has 0 unspecified atom stereocenters. The lowest BCUT2D eigenvalue weighted by Crippen LogP contribution is -2.65. The summed E-state index contributed by atoms with van der Waals surface area (Å²) in [7, 11) is 3.49. The fraction of sp³-hybridized carbons (Fsp3) is 0.882. The second kappa shape index (κ2) is 7.27. The van der Waals surface area contributed by atoms with Gasteiger partial charge in [0.25, 0.3) is 0 Å². The van der Waals surface area contributed by atoms with E-state index in [2.05, 4.69) is 22.2 Å². The molecule has 1 saturated carbocycles. The van der Waals surface area contributed by atoms with Gasteiger partial charge in [-0.2, -0.15) is 0 Å². The van der Waals surface area contributed by atoms with Gasteiger partial charge in [0, 0.05) is 32.7 Å². The van der Waals surface area contributed by atoms with E-state index in [-0.39, 0.29) is 5.97 Å². The van der Waals surface area contributed by atoms with E-state index < -0.39 is 17.2 Å². The molecule has 0 aromatic carbocycles. The van der Waals surface area contributed by atoms with E-state index >= 15 is 0 Å². The fourth-order valence-corrected chi connectivity index (χ4v) is 3.46. The molecule has 2 rings (SSSR count). The van der Waals surface area contributed by atoms with E-state index in [1.807, 2.05) is 0 Å². The second-order valence-electron chi connectivity index (χ2n) is 8.08. The number of esters is 1. The van der Waals surface area contributed by atoms with Crippen molar-refractivity contribution in [1.29, 1.82) is 0 Å². The summed E-state index contributed by atoms with van der Waals surface area (Å²) < 4.78 is 10.2. The van der Waals surface area contributed by atoms with Crippen LogP contribution in [0.4, 0.5) is 4.79 Å². The Labute approximate surface area is 144 Å². The number of piperazine rings is 1. The van der Waals surface area contributed by atoms with Gasteiger partial charge in [-0.1, -0.05) is 0 Å². The van der Waals surface area contributed by atoms with Crippen molar-refractivity contribution in [1.82, 2.24) is 15.1 Å². The number of carbonyl (C=O) groups is 2. The molecule has 1 aliphatic heterocycles. The molecule has 0 atom stereocenters. The Morgan fingerprint density at radius 1 is 1.17 bits per heavy atom. The lowest BCUT2D eigenvalue weighted by Gasteiger charge is -2.47. The van der Waals surface area contributed by atoms with Gasteiger partial charge in [-0.15, -0.1) is 0 Å². The Bertz CT molecular complexity index is 461. The summed E-state index contributed by atoms with van der Waals surface area (Å²) in [5, 5.41) is 2.75. The van der Waals surface area contributed by atoms with Gasteiger partial charge in [-0.05, 0) is 46.6 Å². The zero-order chi connectivity index (χ0) is 18.0. The molecule has 1 aliphatic carbocycles. The molecule has 138 valence electrons. The Hall–Kier alpha value is -1.34. The predicted molar refractivity (Wildman–Crippen MR) is 90.8 cm³/mol. The molecule has 1 N–H and O–H groups in total. The smallest absolute Gasteiger partial charge is 0.408 e. The summed E-state index contributed by atoms with van der Waals surface area (Å²) in [4.78, 5) is 29.0. The first-order chi connectivity index (χ1) is 11.1. The third kappa shape index (κ3) is 4.83. The van der Waals surface area contributed by atoms with Crippen LogP contribution >= 0.6 is 0 Å². The van der Waals surface area contributed by atoms with E-state index in [0.29, 0.717) is 18.8 Å². The number of hydrogen-bond acceptors (Lipinski definition) is 6. The summed E-state index contributed by atoms with van der Waals surface area (Å²) >= 11 is 0. The number of nitrogens with one attached hydrogen (secondary N) is 1. The molecule has 2 fully saturated rings. The molecule has 7 heteroatoms. The minimum absolute atomic E-state index is 0.386. The highest BCUT2D eigenvalue weighted by molar-refractivity contribution is 5.87. The van der Waals surface area contributed by atoms with Crippen LogP contribution in [0.25, 0.3) is 0 Å². The third-order valence-electron chi connectivity index (χ3n) is 4.70. The first kappa shape index (κ1) is 19.0. The van der Waals surface area contributed by atoms with Crippen molar-refractivity contribution in [2.45, 2.75) is 44.8 Å². The highest BCUT2D eigenvalue weighted by Gasteiger charge is 2.53. The second-order valence-corrected chi connectivity index (χ2v) is 8.08. The van der Waals surface area contributed by atoms with Crippen LogP contribution in [0, 0.1) is 5.92 Å². The van der Waals surface area contributed by atoms with Gasteiger partial charge in [0.15, 0.2) is 0 Å². The number of carbonyl (C=O) groups excluding carboxylic acids is 2.